The zero-order valence-electron chi connectivity index (χ0n) is 33.6. The van der Waals surface area contributed by atoms with E-state index in [0.717, 1.165) is 5.56 Å². The number of carbonyl (C=O) groups excluding carboxylic acids is 4. The second-order valence-electron chi connectivity index (χ2n) is 14.4. The third kappa shape index (κ3) is 11.2. The van der Waals surface area contributed by atoms with Crippen LogP contribution in [-0.2, 0) is 25.6 Å². The zero-order chi connectivity index (χ0) is 43.3. The van der Waals surface area contributed by atoms with Crippen LogP contribution in [0.3, 0.4) is 0 Å². The van der Waals surface area contributed by atoms with Crippen LogP contribution in [0.1, 0.15) is 53.7 Å². The van der Waals surface area contributed by atoms with Crippen LogP contribution in [0.5, 0.6) is 11.5 Å². The highest BCUT2D eigenvalue weighted by molar-refractivity contribution is 6.30. The average Bonchev–Trinajstić information content (AvgIpc) is 3.24. The first kappa shape index (κ1) is 45.1. The molecule has 4 aromatic carbocycles. The molecule has 1 aliphatic rings. The smallest absolute Gasteiger partial charge is 0.326 e. The van der Waals surface area contributed by atoms with Gasteiger partial charge in [0.2, 0.25) is 17.7 Å². The average molecular weight is 842 g/mol. The Morgan fingerprint density at radius 2 is 1.48 bits per heavy atom. The lowest BCUT2D eigenvalue weighted by Gasteiger charge is -2.32. The number of benzene rings is 4. The minimum absolute atomic E-state index is 0.0914. The zero-order valence-corrected chi connectivity index (χ0v) is 34.4. The summed E-state index contributed by atoms with van der Waals surface area (Å²) in [6.45, 7) is 2.47. The first-order valence-electron chi connectivity index (χ1n) is 19.8. The van der Waals surface area contributed by atoms with Gasteiger partial charge in [-0.05, 0) is 97.4 Å². The first-order valence-corrected chi connectivity index (χ1v) is 20.1. The van der Waals surface area contributed by atoms with Crippen molar-refractivity contribution >= 4 is 41.2 Å². The van der Waals surface area contributed by atoms with E-state index in [1.807, 2.05) is 0 Å². The largest absolute Gasteiger partial charge is 0.492 e. The van der Waals surface area contributed by atoms with Crippen molar-refractivity contribution in [3.05, 3.63) is 107 Å². The van der Waals surface area contributed by atoms with Gasteiger partial charge in [0.15, 0.2) is 0 Å². The molecule has 5 rings (SSSR count). The summed E-state index contributed by atoms with van der Waals surface area (Å²) in [5.41, 5.74) is 20.9. The van der Waals surface area contributed by atoms with Gasteiger partial charge in [-0.3, -0.25) is 19.2 Å². The summed E-state index contributed by atoms with van der Waals surface area (Å²) in [5, 5.41) is 18.8. The number of nitrogens with two attached hydrogens (primary N) is 3. The highest BCUT2D eigenvalue weighted by Gasteiger charge is 2.36. The van der Waals surface area contributed by atoms with E-state index in [4.69, 9.17) is 38.3 Å². The van der Waals surface area contributed by atoms with Crippen LogP contribution < -0.4 is 42.6 Å². The molecule has 4 aromatic rings. The molecule has 0 saturated carbocycles. The van der Waals surface area contributed by atoms with Gasteiger partial charge in [0.05, 0.1) is 0 Å². The third-order valence-electron chi connectivity index (χ3n) is 10.1. The maximum absolute atomic E-state index is 14.8. The van der Waals surface area contributed by atoms with Gasteiger partial charge in [0.25, 0.3) is 5.91 Å². The summed E-state index contributed by atoms with van der Waals surface area (Å²) in [4.78, 5) is 70.5. The number of carbonyl (C=O) groups is 5. The van der Waals surface area contributed by atoms with E-state index in [2.05, 4.69) is 16.0 Å². The molecule has 4 atom stereocenters. The van der Waals surface area contributed by atoms with Crippen LogP contribution in [0.25, 0.3) is 22.3 Å². The molecule has 0 aromatic heterocycles. The lowest BCUT2D eigenvalue weighted by molar-refractivity contribution is -0.143. The third-order valence-corrected chi connectivity index (χ3v) is 10.3. The summed E-state index contributed by atoms with van der Waals surface area (Å²) in [5.74, 6) is -3.11. The Bertz CT molecular complexity index is 2170. The number of nitrogens with zero attached hydrogens (tertiary/aromatic N) is 1. The van der Waals surface area contributed by atoms with Crippen LogP contribution in [0.4, 0.5) is 0 Å². The normalized spacial score (nSPS) is 17.0. The number of fused-ring (bicyclic) bond motifs is 5. The summed E-state index contributed by atoms with van der Waals surface area (Å²) in [7, 11) is 1.44. The fraction of sp³-hybridized carbons (Fsp3) is 0.341. The number of unbranched alkanes of at least 4 members (excludes halogenated alkanes) is 1. The van der Waals surface area contributed by atoms with E-state index in [1.165, 1.54) is 18.9 Å². The highest BCUT2D eigenvalue weighted by atomic mass is 35.5. The molecule has 0 spiro atoms. The van der Waals surface area contributed by atoms with Crippen molar-refractivity contribution in [1.29, 1.82) is 0 Å². The van der Waals surface area contributed by atoms with Gasteiger partial charge in [0, 0.05) is 48.3 Å². The van der Waals surface area contributed by atoms with Crippen molar-refractivity contribution in [2.75, 3.05) is 39.9 Å². The Morgan fingerprint density at radius 3 is 2.13 bits per heavy atom. The number of amides is 4. The monoisotopic (exact) mass is 841 g/mol. The van der Waals surface area contributed by atoms with Gasteiger partial charge in [-0.25, -0.2) is 4.79 Å². The molecular weight excluding hydrogens is 790 g/mol. The fourth-order valence-corrected chi connectivity index (χ4v) is 7.12. The summed E-state index contributed by atoms with van der Waals surface area (Å²) >= 11 is 6.14. The quantitative estimate of drug-likeness (QED) is 0.0807. The maximum atomic E-state index is 14.8. The second-order valence-corrected chi connectivity index (χ2v) is 14.8. The Hall–Kier alpha value is -6.00. The summed E-state index contributed by atoms with van der Waals surface area (Å²) < 4.78 is 12.1. The van der Waals surface area contributed by atoms with Gasteiger partial charge in [-0.2, -0.15) is 0 Å². The molecule has 0 aliphatic carbocycles. The summed E-state index contributed by atoms with van der Waals surface area (Å²) in [6, 6.07) is 19.0. The topological polar surface area (TPSA) is 241 Å². The lowest BCUT2D eigenvalue weighted by atomic mass is 9.93. The molecule has 15 nitrogen and oxygen atoms in total. The predicted molar refractivity (Wildman–Crippen MR) is 228 cm³/mol. The van der Waals surface area contributed by atoms with E-state index >= 15 is 0 Å². The van der Waals surface area contributed by atoms with E-state index in [1.54, 1.807) is 84.9 Å². The van der Waals surface area contributed by atoms with E-state index in [0.29, 0.717) is 69.3 Å². The Labute approximate surface area is 353 Å². The van der Waals surface area contributed by atoms with Crippen molar-refractivity contribution in [3.8, 4) is 33.8 Å². The molecule has 0 radical (unpaired) electrons. The van der Waals surface area contributed by atoms with Crippen molar-refractivity contribution in [2.24, 2.45) is 17.2 Å². The van der Waals surface area contributed by atoms with E-state index in [9.17, 15) is 29.1 Å². The summed E-state index contributed by atoms with van der Waals surface area (Å²) in [6.07, 6.45) is 1.16. The number of likely N-dealkylation sites (N-methyl/N-ethyl adjacent to an activating group) is 1. The Balaban J connectivity index is 1.62. The molecule has 4 bridgehead atoms. The van der Waals surface area contributed by atoms with Crippen LogP contribution >= 0.6 is 11.6 Å². The van der Waals surface area contributed by atoms with Crippen LogP contribution in [-0.4, -0.2) is 97.6 Å². The van der Waals surface area contributed by atoms with Crippen molar-refractivity contribution in [2.45, 2.75) is 56.8 Å². The minimum atomic E-state index is -1.37. The molecule has 0 saturated heterocycles. The number of aliphatic carboxylic acids is 1. The first-order chi connectivity index (χ1) is 28.9. The van der Waals surface area contributed by atoms with Crippen LogP contribution in [0, 0.1) is 0 Å². The SMILES string of the molecule is C[C@@H]1NC(=O)[C@@H](N(C)C(=O)[C@H](CCCCN)NC(=O)c2ccccc2-c2ccc(Cl)cc2)c2ccc(OCCN)c(c2)-c2cc(ccc2OCCN)C[C@@H](C(=O)O)NC1=O. The number of carboxylic acids is 1. The molecule has 0 unspecified atom stereocenters. The number of hydrogen-bond acceptors (Lipinski definition) is 10. The van der Waals surface area contributed by atoms with Crippen molar-refractivity contribution in [1.82, 2.24) is 20.9 Å². The van der Waals surface area contributed by atoms with Gasteiger partial charge in [-0.15, -0.1) is 0 Å². The number of halogens is 1. The van der Waals surface area contributed by atoms with Crippen LogP contribution in [0.2, 0.25) is 5.02 Å². The van der Waals surface area contributed by atoms with Gasteiger partial charge in [0.1, 0.15) is 48.9 Å². The standard InChI is InChI=1S/C44H52ClN7O8/c1-26-40(53)51-36(44(57)58)24-27-10-16-37(59-21-19-47)33(23-27)34-25-29(13-17-38(34)60-22-20-48)39(42(55)49-26)52(2)43(56)35(9-5-6-18-46)50-41(54)32-8-4-3-7-31(32)28-11-14-30(45)15-12-28/h3-4,7-8,10-17,23,25-26,35-36,39H,5-6,9,18-22,24,46-48H2,1-2H3,(H,49,55)(H,50,54)(H,51,53)(H,57,58)/t26-,35-,36-,39-/m0/s1. The van der Waals surface area contributed by atoms with Crippen molar-refractivity contribution in [3.63, 3.8) is 0 Å². The molecule has 1 aliphatic heterocycles. The molecule has 10 N–H and O–H groups in total. The van der Waals surface area contributed by atoms with E-state index in [-0.39, 0.29) is 39.1 Å². The number of nitrogens with one attached hydrogen (secondary N) is 3. The predicted octanol–water partition coefficient (Wildman–Crippen LogP) is 3.41. The molecule has 16 heteroatoms. The number of hydrogen-bond donors (Lipinski definition) is 7. The van der Waals surface area contributed by atoms with Gasteiger partial charge >= 0.3 is 5.97 Å². The number of rotatable bonds is 16. The minimum Gasteiger partial charge on any atom is -0.492 e. The van der Waals surface area contributed by atoms with Gasteiger partial charge < -0.3 is 52.6 Å². The van der Waals surface area contributed by atoms with Crippen LogP contribution in [0.15, 0.2) is 84.9 Å². The molecule has 60 heavy (non-hydrogen) atoms. The second kappa shape index (κ2) is 21.3. The molecule has 1 heterocycles. The molecule has 318 valence electrons. The van der Waals surface area contributed by atoms with Crippen molar-refractivity contribution < 1.29 is 38.6 Å². The lowest BCUT2D eigenvalue weighted by Crippen LogP contribution is -2.54. The number of ether oxygens (including phenoxy) is 2. The van der Waals surface area contributed by atoms with E-state index < -0.39 is 53.8 Å². The molecular formula is C44H52ClN7O8. The highest BCUT2D eigenvalue weighted by Crippen LogP contribution is 2.40. The molecule has 4 amide bonds. The maximum Gasteiger partial charge on any atom is 0.326 e. The number of carboxylic acid groups (broad SMARTS) is 1. The Kier molecular flexibility index (Phi) is 16.0. The Morgan fingerprint density at radius 1 is 0.833 bits per heavy atom. The fourth-order valence-electron chi connectivity index (χ4n) is 6.99. The molecule has 0 fully saturated rings. The van der Waals surface area contributed by atoms with Gasteiger partial charge in [-0.1, -0.05) is 54.1 Å².